The van der Waals surface area contributed by atoms with E-state index in [0.29, 0.717) is 11.1 Å². The molecule has 0 atom stereocenters. The van der Waals surface area contributed by atoms with Gasteiger partial charge in [0.2, 0.25) is 11.7 Å². The molecular weight excluding hydrogens is 341 g/mol. The van der Waals surface area contributed by atoms with Gasteiger partial charge in [0.25, 0.3) is 5.89 Å². The molecular formula is C18H14FN3O4. The second-order valence-electron chi connectivity index (χ2n) is 5.49. The number of ether oxygens (including phenoxy) is 1. The van der Waals surface area contributed by atoms with Crippen LogP contribution in [0, 0.1) is 12.7 Å². The van der Waals surface area contributed by atoms with E-state index in [0.717, 1.165) is 0 Å². The fourth-order valence-electron chi connectivity index (χ4n) is 2.14. The molecule has 0 aliphatic carbocycles. The van der Waals surface area contributed by atoms with Crippen molar-refractivity contribution in [1.82, 2.24) is 10.1 Å². The highest BCUT2D eigenvalue weighted by atomic mass is 19.1. The SMILES string of the molecule is Cc1ccc(-c2noc(COC(=O)c3ccc(C(N)=O)cc3)n2)cc1F. The number of nitrogens with zero attached hydrogens (tertiary/aromatic N) is 2. The van der Waals surface area contributed by atoms with E-state index in [4.69, 9.17) is 15.0 Å². The van der Waals surface area contributed by atoms with Crippen LogP contribution in [0.5, 0.6) is 0 Å². The van der Waals surface area contributed by atoms with Gasteiger partial charge in [-0.2, -0.15) is 4.98 Å². The molecule has 0 spiro atoms. The molecule has 2 aromatic carbocycles. The zero-order valence-electron chi connectivity index (χ0n) is 13.7. The first-order valence-corrected chi connectivity index (χ1v) is 7.60. The summed E-state index contributed by atoms with van der Waals surface area (Å²) in [5.41, 5.74) is 6.63. The summed E-state index contributed by atoms with van der Waals surface area (Å²) in [6.07, 6.45) is 0. The lowest BCUT2D eigenvalue weighted by Gasteiger charge is -2.02. The number of rotatable bonds is 5. The van der Waals surface area contributed by atoms with Crippen LogP contribution in [0.1, 0.15) is 32.2 Å². The molecule has 0 saturated heterocycles. The Morgan fingerprint density at radius 2 is 1.85 bits per heavy atom. The van der Waals surface area contributed by atoms with E-state index in [1.165, 1.54) is 30.3 Å². The lowest BCUT2D eigenvalue weighted by atomic mass is 10.1. The molecule has 0 unspecified atom stereocenters. The topological polar surface area (TPSA) is 108 Å². The third-order valence-corrected chi connectivity index (χ3v) is 3.63. The van der Waals surface area contributed by atoms with E-state index in [1.54, 1.807) is 19.1 Å². The maximum absolute atomic E-state index is 13.6. The third kappa shape index (κ3) is 3.75. The average Bonchev–Trinajstić information content (AvgIpc) is 3.11. The molecule has 7 nitrogen and oxygen atoms in total. The quantitative estimate of drug-likeness (QED) is 0.705. The van der Waals surface area contributed by atoms with E-state index in [1.807, 2.05) is 0 Å². The first kappa shape index (κ1) is 17.3. The molecule has 26 heavy (non-hydrogen) atoms. The van der Waals surface area contributed by atoms with Crippen molar-refractivity contribution in [3.8, 4) is 11.4 Å². The smallest absolute Gasteiger partial charge is 0.338 e. The fraction of sp³-hybridized carbons (Fsp3) is 0.111. The van der Waals surface area contributed by atoms with E-state index >= 15 is 0 Å². The van der Waals surface area contributed by atoms with Crippen LogP contribution in [0.15, 0.2) is 47.0 Å². The molecule has 0 aliphatic rings. The fourth-order valence-corrected chi connectivity index (χ4v) is 2.14. The number of hydrogen-bond donors (Lipinski definition) is 1. The standard InChI is InChI=1S/C18H14FN3O4/c1-10-2-3-13(8-14(10)19)17-21-15(26-22-17)9-25-18(24)12-6-4-11(5-7-12)16(20)23/h2-8H,9H2,1H3,(H2,20,23). The third-order valence-electron chi connectivity index (χ3n) is 3.63. The monoisotopic (exact) mass is 355 g/mol. The van der Waals surface area contributed by atoms with Gasteiger partial charge >= 0.3 is 5.97 Å². The number of primary amides is 1. The Kier molecular flexibility index (Phi) is 4.74. The van der Waals surface area contributed by atoms with Crippen LogP contribution >= 0.6 is 0 Å². The number of aryl methyl sites for hydroxylation is 1. The summed E-state index contributed by atoms with van der Waals surface area (Å²) in [5, 5.41) is 3.74. The number of carbonyl (C=O) groups excluding carboxylic acids is 2. The number of nitrogens with two attached hydrogens (primary N) is 1. The second-order valence-corrected chi connectivity index (χ2v) is 5.49. The molecule has 0 bridgehead atoms. The van der Waals surface area contributed by atoms with Crippen LogP contribution in [-0.2, 0) is 11.3 Å². The minimum atomic E-state index is -0.623. The maximum Gasteiger partial charge on any atom is 0.338 e. The zero-order valence-corrected chi connectivity index (χ0v) is 13.7. The van der Waals surface area contributed by atoms with Gasteiger partial charge in [-0.05, 0) is 42.8 Å². The predicted octanol–water partition coefficient (Wildman–Crippen LogP) is 2.64. The van der Waals surface area contributed by atoms with Gasteiger partial charge in [0, 0.05) is 11.1 Å². The number of halogens is 1. The number of carbonyl (C=O) groups is 2. The summed E-state index contributed by atoms with van der Waals surface area (Å²) in [6.45, 7) is 1.41. The molecule has 0 saturated carbocycles. The first-order chi connectivity index (χ1) is 12.4. The first-order valence-electron chi connectivity index (χ1n) is 7.60. The van der Waals surface area contributed by atoms with Crippen LogP contribution in [0.2, 0.25) is 0 Å². The molecule has 3 aromatic rings. The number of hydrogen-bond acceptors (Lipinski definition) is 6. The minimum Gasteiger partial charge on any atom is -0.452 e. The van der Waals surface area contributed by atoms with Crippen molar-refractivity contribution in [3.05, 3.63) is 70.9 Å². The van der Waals surface area contributed by atoms with Crippen molar-refractivity contribution in [2.45, 2.75) is 13.5 Å². The van der Waals surface area contributed by atoms with Gasteiger partial charge in [-0.3, -0.25) is 4.79 Å². The van der Waals surface area contributed by atoms with Crippen molar-refractivity contribution in [1.29, 1.82) is 0 Å². The van der Waals surface area contributed by atoms with E-state index in [9.17, 15) is 14.0 Å². The summed E-state index contributed by atoms with van der Waals surface area (Å²) in [5.74, 6) is -1.32. The van der Waals surface area contributed by atoms with Gasteiger partial charge in [0.1, 0.15) is 5.82 Å². The number of benzene rings is 2. The highest BCUT2D eigenvalue weighted by Gasteiger charge is 2.14. The Morgan fingerprint density at radius 3 is 2.50 bits per heavy atom. The summed E-state index contributed by atoms with van der Waals surface area (Å²) in [6, 6.07) is 10.3. The van der Waals surface area contributed by atoms with Crippen LogP contribution < -0.4 is 5.73 Å². The van der Waals surface area contributed by atoms with E-state index < -0.39 is 11.9 Å². The summed E-state index contributed by atoms with van der Waals surface area (Å²) in [7, 11) is 0. The molecule has 3 rings (SSSR count). The van der Waals surface area contributed by atoms with Crippen molar-refractivity contribution in [2.24, 2.45) is 5.73 Å². The summed E-state index contributed by atoms with van der Waals surface area (Å²) < 4.78 is 23.7. The van der Waals surface area contributed by atoms with Crippen LogP contribution in [-0.4, -0.2) is 22.0 Å². The van der Waals surface area contributed by atoms with Crippen molar-refractivity contribution in [2.75, 3.05) is 0 Å². The highest BCUT2D eigenvalue weighted by molar-refractivity contribution is 5.95. The molecule has 0 radical (unpaired) electrons. The van der Waals surface area contributed by atoms with Crippen LogP contribution in [0.25, 0.3) is 11.4 Å². The van der Waals surface area contributed by atoms with Crippen molar-refractivity contribution >= 4 is 11.9 Å². The lowest BCUT2D eigenvalue weighted by Crippen LogP contribution is -2.11. The van der Waals surface area contributed by atoms with Crippen LogP contribution in [0.3, 0.4) is 0 Å². The van der Waals surface area contributed by atoms with Crippen molar-refractivity contribution in [3.63, 3.8) is 0 Å². The summed E-state index contributed by atoms with van der Waals surface area (Å²) in [4.78, 5) is 27.1. The maximum atomic E-state index is 13.6. The van der Waals surface area contributed by atoms with Gasteiger partial charge in [-0.15, -0.1) is 0 Å². The summed E-state index contributed by atoms with van der Waals surface area (Å²) >= 11 is 0. The number of aromatic nitrogens is 2. The Bertz CT molecular complexity index is 967. The van der Waals surface area contributed by atoms with Gasteiger partial charge in [-0.25, -0.2) is 9.18 Å². The average molecular weight is 355 g/mol. The molecule has 132 valence electrons. The normalized spacial score (nSPS) is 10.5. The molecule has 0 fully saturated rings. The zero-order chi connectivity index (χ0) is 18.7. The van der Waals surface area contributed by atoms with E-state index in [-0.39, 0.29) is 35.3 Å². The minimum absolute atomic E-state index is 0.0723. The molecule has 1 amide bonds. The van der Waals surface area contributed by atoms with Gasteiger partial charge in [0.05, 0.1) is 5.56 Å². The highest BCUT2D eigenvalue weighted by Crippen LogP contribution is 2.19. The number of amides is 1. The Hall–Kier alpha value is -3.55. The Labute approximate surface area is 147 Å². The van der Waals surface area contributed by atoms with Crippen LogP contribution in [0.4, 0.5) is 4.39 Å². The molecule has 0 aliphatic heterocycles. The van der Waals surface area contributed by atoms with Crippen molar-refractivity contribution < 1.29 is 23.2 Å². The molecule has 8 heteroatoms. The number of esters is 1. The van der Waals surface area contributed by atoms with Gasteiger partial charge in [0.15, 0.2) is 6.61 Å². The molecule has 2 N–H and O–H groups in total. The predicted molar refractivity (Wildman–Crippen MR) is 88.5 cm³/mol. The Morgan fingerprint density at radius 1 is 1.15 bits per heavy atom. The largest absolute Gasteiger partial charge is 0.452 e. The van der Waals surface area contributed by atoms with Gasteiger partial charge in [-0.1, -0.05) is 17.3 Å². The van der Waals surface area contributed by atoms with E-state index in [2.05, 4.69) is 10.1 Å². The van der Waals surface area contributed by atoms with Gasteiger partial charge < -0.3 is 15.0 Å². The lowest BCUT2D eigenvalue weighted by molar-refractivity contribution is 0.0429. The Balaban J connectivity index is 1.65. The molecule has 1 aromatic heterocycles. The second kappa shape index (κ2) is 7.14. The molecule has 1 heterocycles.